The van der Waals surface area contributed by atoms with Gasteiger partial charge in [0.25, 0.3) is 0 Å². The highest BCUT2D eigenvalue weighted by Gasteiger charge is 2.06. The monoisotopic (exact) mass is 254 g/mol. The minimum absolute atomic E-state index is 0.785. The fourth-order valence-electron chi connectivity index (χ4n) is 1.94. The SMILES string of the molecule is CCc1ccc2nc(-c3ccc(N)cc3)sc2c1. The van der Waals surface area contributed by atoms with Crippen molar-refractivity contribution in [3.05, 3.63) is 48.0 Å². The summed E-state index contributed by atoms with van der Waals surface area (Å²) in [5.41, 5.74) is 10.0. The predicted octanol–water partition coefficient (Wildman–Crippen LogP) is 4.11. The van der Waals surface area contributed by atoms with E-state index in [1.54, 1.807) is 11.3 Å². The molecule has 0 atom stereocenters. The van der Waals surface area contributed by atoms with E-state index in [1.165, 1.54) is 10.3 Å². The van der Waals surface area contributed by atoms with Gasteiger partial charge in [-0.1, -0.05) is 13.0 Å². The molecular weight excluding hydrogens is 240 g/mol. The summed E-state index contributed by atoms with van der Waals surface area (Å²) < 4.78 is 1.25. The molecule has 0 aliphatic heterocycles. The zero-order valence-corrected chi connectivity index (χ0v) is 11.0. The number of aromatic nitrogens is 1. The number of aryl methyl sites for hydroxylation is 1. The van der Waals surface area contributed by atoms with Crippen LogP contribution in [-0.2, 0) is 6.42 Å². The van der Waals surface area contributed by atoms with Crippen LogP contribution in [-0.4, -0.2) is 4.98 Å². The fraction of sp³-hybridized carbons (Fsp3) is 0.133. The van der Waals surface area contributed by atoms with Gasteiger partial charge in [-0.15, -0.1) is 11.3 Å². The van der Waals surface area contributed by atoms with E-state index in [-0.39, 0.29) is 0 Å². The topological polar surface area (TPSA) is 38.9 Å². The van der Waals surface area contributed by atoms with Crippen LogP contribution in [0.5, 0.6) is 0 Å². The minimum atomic E-state index is 0.785. The summed E-state index contributed by atoms with van der Waals surface area (Å²) in [4.78, 5) is 4.67. The highest BCUT2D eigenvalue weighted by atomic mass is 32.1. The van der Waals surface area contributed by atoms with Gasteiger partial charge in [-0.25, -0.2) is 4.98 Å². The molecule has 0 saturated carbocycles. The number of benzene rings is 2. The highest BCUT2D eigenvalue weighted by molar-refractivity contribution is 7.21. The number of nitrogens with zero attached hydrogens (tertiary/aromatic N) is 1. The van der Waals surface area contributed by atoms with Crippen LogP contribution in [0.2, 0.25) is 0 Å². The second kappa shape index (κ2) is 4.42. The maximum absolute atomic E-state index is 5.70. The third kappa shape index (κ3) is 1.97. The van der Waals surface area contributed by atoms with E-state index >= 15 is 0 Å². The Kier molecular flexibility index (Phi) is 2.76. The molecule has 2 nitrogen and oxygen atoms in total. The number of nitrogen functional groups attached to an aromatic ring is 1. The summed E-state index contributed by atoms with van der Waals surface area (Å²) in [7, 11) is 0. The van der Waals surface area contributed by atoms with Crippen LogP contribution in [0.4, 0.5) is 5.69 Å². The summed E-state index contributed by atoms with van der Waals surface area (Å²) in [5.74, 6) is 0. The van der Waals surface area contributed by atoms with Crippen molar-refractivity contribution in [2.45, 2.75) is 13.3 Å². The van der Waals surface area contributed by atoms with Crippen LogP contribution in [0.15, 0.2) is 42.5 Å². The molecule has 0 amide bonds. The molecule has 0 saturated heterocycles. The molecule has 2 aromatic carbocycles. The normalized spacial score (nSPS) is 10.9. The molecule has 1 heterocycles. The first-order valence-corrected chi connectivity index (χ1v) is 6.83. The van der Waals surface area contributed by atoms with E-state index in [9.17, 15) is 0 Å². The molecule has 0 aliphatic carbocycles. The molecule has 0 bridgehead atoms. The first-order valence-electron chi connectivity index (χ1n) is 6.01. The summed E-state index contributed by atoms with van der Waals surface area (Å²) in [5, 5.41) is 1.05. The molecular formula is C15H14N2S. The van der Waals surface area contributed by atoms with E-state index in [0.29, 0.717) is 0 Å². The third-order valence-electron chi connectivity index (χ3n) is 3.02. The van der Waals surface area contributed by atoms with E-state index in [4.69, 9.17) is 5.73 Å². The van der Waals surface area contributed by atoms with Crippen LogP contribution in [0.25, 0.3) is 20.8 Å². The van der Waals surface area contributed by atoms with Crippen molar-refractivity contribution in [1.29, 1.82) is 0 Å². The lowest BCUT2D eigenvalue weighted by atomic mass is 10.2. The van der Waals surface area contributed by atoms with Crippen LogP contribution in [0.1, 0.15) is 12.5 Å². The van der Waals surface area contributed by atoms with Crippen molar-refractivity contribution >= 4 is 27.2 Å². The van der Waals surface area contributed by atoms with Gasteiger partial charge in [0, 0.05) is 11.3 Å². The lowest BCUT2D eigenvalue weighted by Crippen LogP contribution is -1.83. The van der Waals surface area contributed by atoms with E-state index in [1.807, 2.05) is 24.3 Å². The minimum Gasteiger partial charge on any atom is -0.399 e. The number of nitrogens with two attached hydrogens (primary N) is 1. The zero-order chi connectivity index (χ0) is 12.5. The van der Waals surface area contributed by atoms with Crippen LogP contribution < -0.4 is 5.73 Å². The van der Waals surface area contributed by atoms with Gasteiger partial charge in [0.05, 0.1) is 10.2 Å². The average Bonchev–Trinajstić information content (AvgIpc) is 2.82. The number of rotatable bonds is 2. The van der Waals surface area contributed by atoms with Gasteiger partial charge in [0.1, 0.15) is 5.01 Å². The first kappa shape index (κ1) is 11.2. The summed E-state index contributed by atoms with van der Waals surface area (Å²) in [6.45, 7) is 2.17. The molecule has 0 aliphatic rings. The Bertz CT molecular complexity index is 683. The molecule has 0 fully saturated rings. The Labute approximate surface area is 110 Å². The van der Waals surface area contributed by atoms with Crippen molar-refractivity contribution in [2.75, 3.05) is 5.73 Å². The standard InChI is InChI=1S/C15H14N2S/c1-2-10-3-8-13-14(9-10)18-15(17-13)11-4-6-12(16)7-5-11/h3-9H,2,16H2,1H3. The van der Waals surface area contributed by atoms with Gasteiger partial charge in [0.2, 0.25) is 0 Å². The largest absolute Gasteiger partial charge is 0.399 e. The van der Waals surface area contributed by atoms with Gasteiger partial charge >= 0.3 is 0 Å². The third-order valence-corrected chi connectivity index (χ3v) is 4.09. The van der Waals surface area contributed by atoms with Crippen LogP contribution in [0.3, 0.4) is 0 Å². The molecule has 90 valence electrons. The molecule has 1 aromatic heterocycles. The highest BCUT2D eigenvalue weighted by Crippen LogP contribution is 2.31. The summed E-state index contributed by atoms with van der Waals surface area (Å²) in [6.07, 6.45) is 1.06. The summed E-state index contributed by atoms with van der Waals surface area (Å²) in [6, 6.07) is 14.4. The zero-order valence-electron chi connectivity index (χ0n) is 10.2. The van der Waals surface area contributed by atoms with Gasteiger partial charge in [-0.05, 0) is 48.4 Å². The Balaban J connectivity index is 2.10. The number of hydrogen-bond acceptors (Lipinski definition) is 3. The van der Waals surface area contributed by atoms with Crippen LogP contribution >= 0.6 is 11.3 Å². The van der Waals surface area contributed by atoms with Crippen molar-refractivity contribution in [3.8, 4) is 10.6 Å². The number of hydrogen-bond donors (Lipinski definition) is 1. The number of thiazole rings is 1. The van der Waals surface area contributed by atoms with Crippen LogP contribution in [0, 0.1) is 0 Å². The lowest BCUT2D eigenvalue weighted by Gasteiger charge is -1.95. The van der Waals surface area contributed by atoms with Crippen molar-refractivity contribution in [2.24, 2.45) is 0 Å². The maximum Gasteiger partial charge on any atom is 0.124 e. The predicted molar refractivity (Wildman–Crippen MR) is 78.8 cm³/mol. The van der Waals surface area contributed by atoms with Crippen molar-refractivity contribution in [3.63, 3.8) is 0 Å². The summed E-state index contributed by atoms with van der Waals surface area (Å²) >= 11 is 1.73. The molecule has 0 spiro atoms. The quantitative estimate of drug-likeness (QED) is 0.699. The van der Waals surface area contributed by atoms with E-state index in [0.717, 1.165) is 28.2 Å². The molecule has 3 rings (SSSR count). The Morgan fingerprint density at radius 1 is 1.11 bits per heavy atom. The molecule has 18 heavy (non-hydrogen) atoms. The van der Waals surface area contributed by atoms with E-state index < -0.39 is 0 Å². The van der Waals surface area contributed by atoms with Crippen molar-refractivity contribution in [1.82, 2.24) is 4.98 Å². The second-order valence-electron chi connectivity index (χ2n) is 4.30. The van der Waals surface area contributed by atoms with Gasteiger partial charge in [-0.2, -0.15) is 0 Å². The lowest BCUT2D eigenvalue weighted by molar-refractivity contribution is 1.15. The Morgan fingerprint density at radius 2 is 1.89 bits per heavy atom. The number of anilines is 1. The average molecular weight is 254 g/mol. The second-order valence-corrected chi connectivity index (χ2v) is 5.33. The first-order chi connectivity index (χ1) is 8.76. The van der Waals surface area contributed by atoms with Gasteiger partial charge in [-0.3, -0.25) is 0 Å². The molecule has 3 aromatic rings. The maximum atomic E-state index is 5.70. The molecule has 0 unspecified atom stereocenters. The Morgan fingerprint density at radius 3 is 2.61 bits per heavy atom. The molecule has 0 radical (unpaired) electrons. The number of fused-ring (bicyclic) bond motifs is 1. The van der Waals surface area contributed by atoms with E-state index in [2.05, 4.69) is 30.1 Å². The van der Waals surface area contributed by atoms with Gasteiger partial charge < -0.3 is 5.73 Å². The molecule has 3 heteroatoms. The van der Waals surface area contributed by atoms with Gasteiger partial charge in [0.15, 0.2) is 0 Å². The fourth-order valence-corrected chi connectivity index (χ4v) is 2.97. The molecule has 2 N–H and O–H groups in total. The van der Waals surface area contributed by atoms with Crippen molar-refractivity contribution < 1.29 is 0 Å². The smallest absolute Gasteiger partial charge is 0.124 e. The Hall–Kier alpha value is -1.87.